The van der Waals surface area contributed by atoms with Crippen molar-refractivity contribution in [2.24, 2.45) is 5.92 Å². The van der Waals surface area contributed by atoms with E-state index in [1.54, 1.807) is 24.3 Å². The Morgan fingerprint density at radius 1 is 0.833 bits per heavy atom. The molecule has 0 radical (unpaired) electrons. The number of hydrogen-bond acceptors (Lipinski definition) is 4. The van der Waals surface area contributed by atoms with Crippen LogP contribution in [0.15, 0.2) is 24.3 Å². The van der Waals surface area contributed by atoms with Crippen LogP contribution >= 0.6 is 0 Å². The summed E-state index contributed by atoms with van der Waals surface area (Å²) in [6.45, 7) is 7.64. The summed E-state index contributed by atoms with van der Waals surface area (Å²) in [6.07, 6.45) is 13.1. The first-order chi connectivity index (χ1) is 14.6. The third-order valence-electron chi connectivity index (χ3n) is 5.57. The summed E-state index contributed by atoms with van der Waals surface area (Å²) in [4.78, 5) is 12.2. The monoisotopic (exact) mass is 420 g/mol. The standard InChI is InChI=1S/C26H44O4/c1-4-7-9-10-11-13-20-29-25(27)23-16-18-24(19-17-23)26(28)30-21-22(14-6-3)15-12-8-5-2/h16-19,22,26,28H,4-15,20-21H2,1-3H3. The molecule has 0 amide bonds. The number of rotatable bonds is 18. The van der Waals surface area contributed by atoms with E-state index in [9.17, 15) is 9.90 Å². The summed E-state index contributed by atoms with van der Waals surface area (Å²) in [5, 5.41) is 10.4. The largest absolute Gasteiger partial charge is 0.462 e. The van der Waals surface area contributed by atoms with E-state index in [2.05, 4.69) is 20.8 Å². The van der Waals surface area contributed by atoms with Crippen LogP contribution in [0.1, 0.15) is 120 Å². The van der Waals surface area contributed by atoms with Crippen LogP contribution in [0, 0.1) is 5.92 Å². The van der Waals surface area contributed by atoms with Gasteiger partial charge in [-0.2, -0.15) is 0 Å². The maximum Gasteiger partial charge on any atom is 0.338 e. The smallest absolute Gasteiger partial charge is 0.338 e. The van der Waals surface area contributed by atoms with Gasteiger partial charge in [0.05, 0.1) is 18.8 Å². The number of hydrogen-bond donors (Lipinski definition) is 1. The molecule has 4 heteroatoms. The lowest BCUT2D eigenvalue weighted by Crippen LogP contribution is -2.14. The van der Waals surface area contributed by atoms with Gasteiger partial charge >= 0.3 is 5.97 Å². The molecule has 30 heavy (non-hydrogen) atoms. The number of aliphatic hydroxyl groups is 1. The average molecular weight is 421 g/mol. The summed E-state index contributed by atoms with van der Waals surface area (Å²) < 4.78 is 11.1. The van der Waals surface area contributed by atoms with Crippen LogP contribution in [-0.4, -0.2) is 24.3 Å². The Bertz CT molecular complexity index is 540. The minimum atomic E-state index is -0.955. The Kier molecular flexibility index (Phi) is 15.4. The summed E-state index contributed by atoms with van der Waals surface area (Å²) in [5.74, 6) is 0.192. The van der Waals surface area contributed by atoms with Crippen LogP contribution in [0.4, 0.5) is 0 Å². The molecule has 0 heterocycles. The molecule has 0 spiro atoms. The fraction of sp³-hybridized carbons (Fsp3) is 0.731. The van der Waals surface area contributed by atoms with Gasteiger partial charge in [-0.25, -0.2) is 4.79 Å². The Morgan fingerprint density at radius 3 is 2.13 bits per heavy atom. The van der Waals surface area contributed by atoms with E-state index in [-0.39, 0.29) is 5.97 Å². The number of benzene rings is 1. The molecule has 0 aromatic heterocycles. The van der Waals surface area contributed by atoms with Crippen molar-refractivity contribution in [2.75, 3.05) is 13.2 Å². The predicted octanol–water partition coefficient (Wildman–Crippen LogP) is 7.21. The second-order valence-corrected chi connectivity index (χ2v) is 8.36. The molecule has 0 fully saturated rings. The second-order valence-electron chi connectivity index (χ2n) is 8.36. The normalized spacial score (nSPS) is 13.2. The first-order valence-electron chi connectivity index (χ1n) is 12.2. The second kappa shape index (κ2) is 17.3. The number of unbranched alkanes of at least 4 members (excludes halogenated alkanes) is 7. The van der Waals surface area contributed by atoms with Crippen molar-refractivity contribution >= 4 is 5.97 Å². The van der Waals surface area contributed by atoms with Crippen molar-refractivity contribution in [3.05, 3.63) is 35.4 Å². The van der Waals surface area contributed by atoms with E-state index in [0.29, 0.717) is 30.3 Å². The van der Waals surface area contributed by atoms with Gasteiger partial charge < -0.3 is 14.6 Å². The molecule has 0 aliphatic rings. The van der Waals surface area contributed by atoms with Crippen molar-refractivity contribution < 1.29 is 19.4 Å². The fourth-order valence-electron chi connectivity index (χ4n) is 3.64. The average Bonchev–Trinajstić information content (AvgIpc) is 2.76. The zero-order chi connectivity index (χ0) is 22.0. The predicted molar refractivity (Wildman–Crippen MR) is 124 cm³/mol. The van der Waals surface area contributed by atoms with Gasteiger partial charge in [0.15, 0.2) is 6.29 Å². The summed E-state index contributed by atoms with van der Waals surface area (Å²) >= 11 is 0. The lowest BCUT2D eigenvalue weighted by atomic mass is 9.97. The van der Waals surface area contributed by atoms with Gasteiger partial charge in [0.2, 0.25) is 0 Å². The zero-order valence-corrected chi connectivity index (χ0v) is 19.5. The molecular formula is C26H44O4. The van der Waals surface area contributed by atoms with Gasteiger partial charge in [0.25, 0.3) is 0 Å². The topological polar surface area (TPSA) is 55.8 Å². The Labute approximate surface area is 184 Å². The van der Waals surface area contributed by atoms with Crippen LogP contribution < -0.4 is 0 Å². The number of carbonyl (C=O) groups is 1. The number of carbonyl (C=O) groups excluding carboxylic acids is 1. The van der Waals surface area contributed by atoms with Crippen molar-refractivity contribution in [1.82, 2.24) is 0 Å². The van der Waals surface area contributed by atoms with E-state index < -0.39 is 6.29 Å². The van der Waals surface area contributed by atoms with Gasteiger partial charge in [0.1, 0.15) is 0 Å². The van der Waals surface area contributed by atoms with Crippen LogP contribution in [-0.2, 0) is 9.47 Å². The summed E-state index contributed by atoms with van der Waals surface area (Å²) in [6, 6.07) is 6.91. The van der Waals surface area contributed by atoms with Crippen molar-refractivity contribution in [2.45, 2.75) is 104 Å². The third kappa shape index (κ3) is 11.7. The summed E-state index contributed by atoms with van der Waals surface area (Å²) in [7, 11) is 0. The number of aliphatic hydroxyl groups excluding tert-OH is 1. The maximum atomic E-state index is 12.2. The minimum absolute atomic E-state index is 0.301. The first-order valence-corrected chi connectivity index (χ1v) is 12.2. The SMILES string of the molecule is CCCCCCCCOC(=O)c1ccc(C(O)OCC(CCC)CCCCC)cc1. The van der Waals surface area contributed by atoms with Gasteiger partial charge in [0, 0.05) is 5.56 Å². The molecule has 1 aromatic rings. The maximum absolute atomic E-state index is 12.2. The Morgan fingerprint density at radius 2 is 1.47 bits per heavy atom. The van der Waals surface area contributed by atoms with Crippen LogP contribution in [0.5, 0.6) is 0 Å². The highest BCUT2D eigenvalue weighted by Crippen LogP contribution is 2.21. The van der Waals surface area contributed by atoms with Gasteiger partial charge in [-0.05, 0) is 37.3 Å². The molecule has 0 bridgehead atoms. The van der Waals surface area contributed by atoms with Crippen molar-refractivity contribution in [3.8, 4) is 0 Å². The van der Waals surface area contributed by atoms with Crippen molar-refractivity contribution in [1.29, 1.82) is 0 Å². The number of esters is 1. The third-order valence-corrected chi connectivity index (χ3v) is 5.57. The highest BCUT2D eigenvalue weighted by atomic mass is 16.6. The lowest BCUT2D eigenvalue weighted by molar-refractivity contribution is -0.115. The molecule has 1 N–H and O–H groups in total. The first kappa shape index (κ1) is 26.6. The highest BCUT2D eigenvalue weighted by molar-refractivity contribution is 5.89. The Balaban J connectivity index is 2.36. The van der Waals surface area contributed by atoms with E-state index in [4.69, 9.17) is 9.47 Å². The fourth-order valence-corrected chi connectivity index (χ4v) is 3.64. The Hall–Kier alpha value is -1.39. The van der Waals surface area contributed by atoms with Crippen molar-refractivity contribution in [3.63, 3.8) is 0 Å². The van der Waals surface area contributed by atoms with E-state index in [1.165, 1.54) is 44.9 Å². The zero-order valence-electron chi connectivity index (χ0n) is 19.5. The molecule has 172 valence electrons. The molecule has 1 rings (SSSR count). The summed E-state index contributed by atoms with van der Waals surface area (Å²) in [5.41, 5.74) is 1.19. The van der Waals surface area contributed by atoms with Gasteiger partial charge in [-0.1, -0.05) is 90.7 Å². The number of ether oxygens (including phenoxy) is 2. The molecule has 0 saturated carbocycles. The highest BCUT2D eigenvalue weighted by Gasteiger charge is 2.14. The van der Waals surface area contributed by atoms with Crippen LogP contribution in [0.25, 0.3) is 0 Å². The lowest BCUT2D eigenvalue weighted by Gasteiger charge is -2.19. The van der Waals surface area contributed by atoms with Gasteiger partial charge in [-0.15, -0.1) is 0 Å². The molecule has 0 aliphatic carbocycles. The molecule has 2 atom stereocenters. The van der Waals surface area contributed by atoms with E-state index >= 15 is 0 Å². The minimum Gasteiger partial charge on any atom is -0.462 e. The molecule has 4 nitrogen and oxygen atoms in total. The molecule has 0 saturated heterocycles. The molecule has 2 unspecified atom stereocenters. The molecule has 0 aliphatic heterocycles. The molecule has 1 aromatic carbocycles. The molecular weight excluding hydrogens is 376 g/mol. The van der Waals surface area contributed by atoms with Crippen LogP contribution in [0.2, 0.25) is 0 Å². The van der Waals surface area contributed by atoms with Gasteiger partial charge in [-0.3, -0.25) is 0 Å². The van der Waals surface area contributed by atoms with Crippen LogP contribution in [0.3, 0.4) is 0 Å². The van der Waals surface area contributed by atoms with E-state index in [0.717, 1.165) is 32.1 Å². The quantitative estimate of drug-likeness (QED) is 0.155. The van der Waals surface area contributed by atoms with E-state index in [1.807, 2.05) is 0 Å².